The zero-order valence-electron chi connectivity index (χ0n) is 8.50. The highest BCUT2D eigenvalue weighted by Crippen LogP contribution is 2.17. The van der Waals surface area contributed by atoms with Gasteiger partial charge in [-0.2, -0.15) is 10.4 Å². The first-order valence-electron chi connectivity index (χ1n) is 4.79. The van der Waals surface area contributed by atoms with Crippen LogP contribution in [0.3, 0.4) is 0 Å². The van der Waals surface area contributed by atoms with Gasteiger partial charge in [0.1, 0.15) is 6.07 Å². The smallest absolute Gasteiger partial charge is 0.169 e. The number of sulfone groups is 1. The largest absolute Gasteiger partial charge is 0.352 e. The highest BCUT2D eigenvalue weighted by atomic mass is 32.2. The molecule has 7 heteroatoms. The average molecular weight is 238 g/mol. The van der Waals surface area contributed by atoms with Crippen LogP contribution < -0.4 is 4.90 Å². The molecule has 1 fully saturated rings. The van der Waals surface area contributed by atoms with Gasteiger partial charge >= 0.3 is 0 Å². The van der Waals surface area contributed by atoms with E-state index >= 15 is 0 Å². The van der Waals surface area contributed by atoms with Gasteiger partial charge in [0.15, 0.2) is 15.7 Å². The molecule has 0 radical (unpaired) electrons. The van der Waals surface area contributed by atoms with Gasteiger partial charge in [0.25, 0.3) is 0 Å². The molecular weight excluding hydrogens is 228 g/mol. The first-order chi connectivity index (χ1) is 7.62. The third-order valence-corrected chi connectivity index (χ3v) is 4.07. The third-order valence-electron chi connectivity index (χ3n) is 2.47. The summed E-state index contributed by atoms with van der Waals surface area (Å²) < 4.78 is 22.5. The quantitative estimate of drug-likeness (QED) is 0.660. The van der Waals surface area contributed by atoms with Crippen molar-refractivity contribution in [2.24, 2.45) is 0 Å². The summed E-state index contributed by atoms with van der Waals surface area (Å²) >= 11 is 0. The van der Waals surface area contributed by atoms with Crippen molar-refractivity contribution in [3.8, 4) is 6.07 Å². The van der Waals surface area contributed by atoms with Crippen molar-refractivity contribution in [3.63, 3.8) is 0 Å². The molecule has 0 N–H and O–H groups in total. The van der Waals surface area contributed by atoms with Crippen molar-refractivity contribution in [2.75, 3.05) is 29.5 Å². The Morgan fingerprint density at radius 1 is 1.38 bits per heavy atom. The van der Waals surface area contributed by atoms with E-state index in [9.17, 15) is 8.42 Å². The fourth-order valence-electron chi connectivity index (χ4n) is 1.57. The average Bonchev–Trinajstić information content (AvgIpc) is 2.29. The summed E-state index contributed by atoms with van der Waals surface area (Å²) in [5.41, 5.74) is 0.425. The minimum absolute atomic E-state index is 0.106. The van der Waals surface area contributed by atoms with Gasteiger partial charge in [-0.3, -0.25) is 0 Å². The van der Waals surface area contributed by atoms with Gasteiger partial charge in [-0.15, -0.1) is 5.10 Å². The summed E-state index contributed by atoms with van der Waals surface area (Å²) in [6.07, 6.45) is 1.45. The van der Waals surface area contributed by atoms with Crippen molar-refractivity contribution in [1.29, 1.82) is 5.26 Å². The van der Waals surface area contributed by atoms with Crippen molar-refractivity contribution >= 4 is 15.7 Å². The number of nitrogens with zero attached hydrogens (tertiary/aromatic N) is 4. The zero-order chi connectivity index (χ0) is 11.6. The van der Waals surface area contributed by atoms with Gasteiger partial charge in [0.2, 0.25) is 0 Å². The number of aromatic nitrogens is 2. The maximum atomic E-state index is 11.3. The lowest BCUT2D eigenvalue weighted by molar-refractivity contribution is 0.586. The first-order valence-corrected chi connectivity index (χ1v) is 6.62. The first kappa shape index (κ1) is 10.8. The predicted octanol–water partition coefficient (Wildman–Crippen LogP) is -0.417. The molecule has 1 aliphatic rings. The van der Waals surface area contributed by atoms with Crippen LogP contribution >= 0.6 is 0 Å². The van der Waals surface area contributed by atoms with Gasteiger partial charge in [0, 0.05) is 13.1 Å². The molecule has 0 amide bonds. The molecule has 2 heterocycles. The Balaban J connectivity index is 2.24. The van der Waals surface area contributed by atoms with E-state index in [0.29, 0.717) is 24.5 Å². The van der Waals surface area contributed by atoms with Crippen LogP contribution in [0.15, 0.2) is 12.3 Å². The van der Waals surface area contributed by atoms with E-state index in [1.54, 1.807) is 11.0 Å². The minimum Gasteiger partial charge on any atom is -0.352 e. The number of hydrogen-bond donors (Lipinski definition) is 0. The number of nitriles is 1. The highest BCUT2D eigenvalue weighted by molar-refractivity contribution is 7.91. The lowest BCUT2D eigenvalue weighted by Gasteiger charge is -2.27. The molecule has 2 rings (SSSR count). The van der Waals surface area contributed by atoms with Crippen molar-refractivity contribution in [1.82, 2.24) is 10.2 Å². The zero-order valence-corrected chi connectivity index (χ0v) is 9.31. The molecule has 0 aromatic carbocycles. The standard InChI is InChI=1S/C9H10N4O2S/c10-7-8-1-2-11-12-9(8)13-3-5-16(14,15)6-4-13/h1-2H,3-6H2. The monoisotopic (exact) mass is 238 g/mol. The van der Waals surface area contributed by atoms with E-state index in [2.05, 4.69) is 10.2 Å². The second-order valence-electron chi connectivity index (χ2n) is 3.52. The van der Waals surface area contributed by atoms with Crippen LogP contribution in [0.1, 0.15) is 5.56 Å². The molecule has 1 aliphatic heterocycles. The van der Waals surface area contributed by atoms with E-state index in [1.807, 2.05) is 6.07 Å². The van der Waals surface area contributed by atoms with Gasteiger partial charge in [-0.1, -0.05) is 0 Å². The van der Waals surface area contributed by atoms with E-state index in [1.165, 1.54) is 6.20 Å². The Morgan fingerprint density at radius 3 is 2.69 bits per heavy atom. The second-order valence-corrected chi connectivity index (χ2v) is 5.82. The normalized spacial score (nSPS) is 19.1. The lowest BCUT2D eigenvalue weighted by Crippen LogP contribution is -2.41. The molecule has 6 nitrogen and oxygen atoms in total. The Kier molecular flexibility index (Phi) is 2.75. The molecule has 0 saturated carbocycles. The summed E-state index contributed by atoms with van der Waals surface area (Å²) in [6, 6.07) is 3.59. The lowest BCUT2D eigenvalue weighted by atomic mass is 10.3. The van der Waals surface area contributed by atoms with Gasteiger partial charge in [0.05, 0.1) is 23.3 Å². The predicted molar refractivity (Wildman–Crippen MR) is 57.6 cm³/mol. The van der Waals surface area contributed by atoms with Crippen LogP contribution in [0, 0.1) is 11.3 Å². The number of hydrogen-bond acceptors (Lipinski definition) is 6. The van der Waals surface area contributed by atoms with E-state index in [4.69, 9.17) is 5.26 Å². The molecule has 1 aromatic heterocycles. The SMILES string of the molecule is N#Cc1ccnnc1N1CCS(=O)(=O)CC1. The van der Waals surface area contributed by atoms with Crippen LogP contribution in [0.2, 0.25) is 0 Å². The van der Waals surface area contributed by atoms with E-state index in [0.717, 1.165) is 0 Å². The Bertz CT molecular complexity index is 521. The Hall–Kier alpha value is -1.68. The summed E-state index contributed by atoms with van der Waals surface area (Å²) in [6.45, 7) is 0.741. The van der Waals surface area contributed by atoms with Gasteiger partial charge < -0.3 is 4.90 Å². The van der Waals surface area contributed by atoms with Gasteiger partial charge in [-0.05, 0) is 6.07 Å². The molecule has 0 bridgehead atoms. The topological polar surface area (TPSA) is 86.9 Å². The maximum Gasteiger partial charge on any atom is 0.169 e. The highest BCUT2D eigenvalue weighted by Gasteiger charge is 2.24. The summed E-state index contributed by atoms with van der Waals surface area (Å²) in [5.74, 6) is 0.683. The fourth-order valence-corrected chi connectivity index (χ4v) is 2.77. The van der Waals surface area contributed by atoms with Crippen LogP contribution in [-0.4, -0.2) is 43.2 Å². The number of rotatable bonds is 1. The van der Waals surface area contributed by atoms with Crippen LogP contribution in [0.5, 0.6) is 0 Å². The van der Waals surface area contributed by atoms with Crippen LogP contribution in [-0.2, 0) is 9.84 Å². The summed E-state index contributed by atoms with van der Waals surface area (Å²) in [7, 11) is -2.92. The molecule has 0 unspecified atom stereocenters. The molecule has 1 saturated heterocycles. The molecule has 0 aliphatic carbocycles. The van der Waals surface area contributed by atoms with E-state index in [-0.39, 0.29) is 11.5 Å². The van der Waals surface area contributed by atoms with Crippen LogP contribution in [0.25, 0.3) is 0 Å². The van der Waals surface area contributed by atoms with E-state index < -0.39 is 9.84 Å². The third kappa shape index (κ3) is 2.12. The van der Waals surface area contributed by atoms with Crippen molar-refractivity contribution in [3.05, 3.63) is 17.8 Å². The fraction of sp³-hybridized carbons (Fsp3) is 0.444. The van der Waals surface area contributed by atoms with Gasteiger partial charge in [-0.25, -0.2) is 8.42 Å². The van der Waals surface area contributed by atoms with Crippen molar-refractivity contribution in [2.45, 2.75) is 0 Å². The molecule has 16 heavy (non-hydrogen) atoms. The van der Waals surface area contributed by atoms with Crippen molar-refractivity contribution < 1.29 is 8.42 Å². The summed E-state index contributed by atoms with van der Waals surface area (Å²) in [5, 5.41) is 16.5. The number of anilines is 1. The molecule has 84 valence electrons. The minimum atomic E-state index is -2.92. The molecule has 0 atom stereocenters. The summed E-state index contributed by atoms with van der Waals surface area (Å²) in [4.78, 5) is 1.78. The Morgan fingerprint density at radius 2 is 2.06 bits per heavy atom. The molecule has 1 aromatic rings. The molecule has 0 spiro atoms. The second kappa shape index (κ2) is 4.06. The Labute approximate surface area is 93.4 Å². The molecular formula is C9H10N4O2S. The van der Waals surface area contributed by atoms with Crippen LogP contribution in [0.4, 0.5) is 5.82 Å². The maximum absolute atomic E-state index is 11.3.